The van der Waals surface area contributed by atoms with Gasteiger partial charge >= 0.3 is 0 Å². The lowest BCUT2D eigenvalue weighted by Gasteiger charge is -2.07. The minimum absolute atomic E-state index is 0.0109. The Morgan fingerprint density at radius 2 is 2.29 bits per heavy atom. The molecule has 0 bridgehead atoms. The van der Waals surface area contributed by atoms with Crippen molar-refractivity contribution in [2.75, 3.05) is 0 Å². The van der Waals surface area contributed by atoms with Crippen molar-refractivity contribution in [3.63, 3.8) is 0 Å². The Hall–Kier alpha value is -0.970. The van der Waals surface area contributed by atoms with Gasteiger partial charge in [0.1, 0.15) is 5.75 Å². The molecule has 0 radical (unpaired) electrons. The van der Waals surface area contributed by atoms with Gasteiger partial charge in [-0.3, -0.25) is 4.98 Å². The van der Waals surface area contributed by atoms with Crippen LogP contribution in [0.2, 0.25) is 0 Å². The summed E-state index contributed by atoms with van der Waals surface area (Å²) in [6.45, 7) is 0. The van der Waals surface area contributed by atoms with Crippen LogP contribution in [0.4, 0.5) is 8.78 Å². The summed E-state index contributed by atoms with van der Waals surface area (Å²) in [4.78, 5) is 3.70. The quantitative estimate of drug-likeness (QED) is 0.853. The van der Waals surface area contributed by atoms with Crippen molar-refractivity contribution in [2.24, 2.45) is 0 Å². The third-order valence-electron chi connectivity index (χ3n) is 1.58. The molecule has 0 fully saturated rings. The molecule has 6 heteroatoms. The van der Waals surface area contributed by atoms with Crippen molar-refractivity contribution in [3.05, 3.63) is 21.0 Å². The predicted molar refractivity (Wildman–Crippen MR) is 52.9 cm³/mol. The van der Waals surface area contributed by atoms with Crippen LogP contribution in [0.3, 0.4) is 0 Å². The Bertz CT molecular complexity index is 390. The van der Waals surface area contributed by atoms with Crippen LogP contribution in [0.25, 0.3) is 0 Å². The summed E-state index contributed by atoms with van der Waals surface area (Å²) in [5.74, 6) is -0.576. The van der Waals surface area contributed by atoms with Crippen LogP contribution in [0.15, 0.2) is 6.20 Å². The van der Waals surface area contributed by atoms with Gasteiger partial charge in [-0.15, -0.1) is 0 Å². The zero-order chi connectivity index (χ0) is 10.7. The van der Waals surface area contributed by atoms with E-state index in [1.165, 1.54) is 6.20 Å². The van der Waals surface area contributed by atoms with E-state index < -0.39 is 17.7 Å². The molecule has 0 saturated heterocycles. The van der Waals surface area contributed by atoms with E-state index in [2.05, 4.69) is 4.98 Å². The molecule has 0 amide bonds. The molecule has 0 aliphatic rings. The van der Waals surface area contributed by atoms with E-state index >= 15 is 0 Å². The van der Waals surface area contributed by atoms with Gasteiger partial charge in [0.05, 0.1) is 23.7 Å². The maximum atomic E-state index is 12.4. The average molecular weight is 310 g/mol. The van der Waals surface area contributed by atoms with Crippen LogP contribution < -0.4 is 0 Å². The minimum atomic E-state index is -2.76. The first-order chi connectivity index (χ1) is 6.57. The standard InChI is InChI=1S/C8H5F2IN2O/c9-8(10)6-4(11)3-13-5(1-2-12)7(6)14/h3,8,14H,1H2. The summed E-state index contributed by atoms with van der Waals surface area (Å²) in [6.07, 6.45) is -1.72. The number of alkyl halides is 2. The Kier molecular flexibility index (Phi) is 3.57. The van der Waals surface area contributed by atoms with Gasteiger partial charge in [0.2, 0.25) is 0 Å². The third-order valence-corrected chi connectivity index (χ3v) is 2.44. The second kappa shape index (κ2) is 4.50. The number of halogens is 3. The molecule has 1 rings (SSSR count). The summed E-state index contributed by atoms with van der Waals surface area (Å²) in [6, 6.07) is 1.74. The first kappa shape index (κ1) is 11.1. The normalized spacial score (nSPS) is 10.2. The maximum absolute atomic E-state index is 12.4. The lowest BCUT2D eigenvalue weighted by molar-refractivity contribution is 0.146. The number of nitriles is 1. The van der Waals surface area contributed by atoms with Gasteiger partial charge in [-0.25, -0.2) is 8.78 Å². The number of rotatable bonds is 2. The fourth-order valence-corrected chi connectivity index (χ4v) is 1.58. The van der Waals surface area contributed by atoms with E-state index in [-0.39, 0.29) is 15.7 Å². The summed E-state index contributed by atoms with van der Waals surface area (Å²) in [5.41, 5.74) is -0.464. The van der Waals surface area contributed by atoms with Crippen LogP contribution in [0.1, 0.15) is 17.7 Å². The molecule has 0 saturated carbocycles. The van der Waals surface area contributed by atoms with Crippen molar-refractivity contribution >= 4 is 22.6 Å². The van der Waals surface area contributed by atoms with Crippen LogP contribution in [-0.2, 0) is 6.42 Å². The van der Waals surface area contributed by atoms with Gasteiger partial charge in [-0.05, 0) is 22.6 Å². The fourth-order valence-electron chi connectivity index (χ4n) is 0.946. The van der Waals surface area contributed by atoms with Crippen molar-refractivity contribution in [3.8, 4) is 11.8 Å². The smallest absolute Gasteiger partial charge is 0.268 e. The second-order valence-corrected chi connectivity index (χ2v) is 3.61. The van der Waals surface area contributed by atoms with E-state index in [4.69, 9.17) is 5.26 Å². The lowest BCUT2D eigenvalue weighted by Crippen LogP contribution is -1.97. The summed E-state index contributed by atoms with van der Waals surface area (Å²) < 4.78 is 25.1. The molecule has 0 aliphatic heterocycles. The summed E-state index contributed by atoms with van der Waals surface area (Å²) >= 11 is 1.66. The number of pyridine rings is 1. The minimum Gasteiger partial charge on any atom is -0.505 e. The highest BCUT2D eigenvalue weighted by Gasteiger charge is 2.20. The van der Waals surface area contributed by atoms with Gasteiger partial charge in [-0.1, -0.05) is 0 Å². The first-order valence-electron chi connectivity index (χ1n) is 3.59. The molecule has 1 aromatic rings. The molecular weight excluding hydrogens is 305 g/mol. The van der Waals surface area contributed by atoms with Gasteiger partial charge in [0, 0.05) is 9.77 Å². The number of hydrogen-bond acceptors (Lipinski definition) is 3. The first-order valence-corrected chi connectivity index (χ1v) is 4.67. The molecule has 1 aromatic heterocycles. The average Bonchev–Trinajstić information content (AvgIpc) is 2.10. The molecule has 0 aromatic carbocycles. The molecule has 1 N–H and O–H groups in total. The van der Waals surface area contributed by atoms with E-state index in [0.717, 1.165) is 0 Å². The van der Waals surface area contributed by atoms with Crippen molar-refractivity contribution in [1.82, 2.24) is 4.98 Å². The van der Waals surface area contributed by atoms with Gasteiger partial charge in [0.25, 0.3) is 6.43 Å². The number of aromatic hydroxyl groups is 1. The van der Waals surface area contributed by atoms with Crippen molar-refractivity contribution in [2.45, 2.75) is 12.8 Å². The Morgan fingerprint density at radius 3 is 2.79 bits per heavy atom. The van der Waals surface area contributed by atoms with E-state index in [0.29, 0.717) is 0 Å². The Morgan fingerprint density at radius 1 is 1.64 bits per heavy atom. The molecule has 0 spiro atoms. The maximum Gasteiger partial charge on any atom is 0.268 e. The fraction of sp³-hybridized carbons (Fsp3) is 0.250. The summed E-state index contributed by atoms with van der Waals surface area (Å²) in [5, 5.41) is 17.7. The summed E-state index contributed by atoms with van der Waals surface area (Å²) in [7, 11) is 0. The highest BCUT2D eigenvalue weighted by atomic mass is 127. The van der Waals surface area contributed by atoms with Crippen molar-refractivity contribution < 1.29 is 13.9 Å². The highest BCUT2D eigenvalue weighted by Crippen LogP contribution is 2.33. The van der Waals surface area contributed by atoms with E-state index in [1.54, 1.807) is 28.7 Å². The zero-order valence-corrected chi connectivity index (χ0v) is 8.99. The van der Waals surface area contributed by atoms with Crippen molar-refractivity contribution in [1.29, 1.82) is 5.26 Å². The molecule has 74 valence electrons. The van der Waals surface area contributed by atoms with Crippen LogP contribution in [0, 0.1) is 14.9 Å². The molecule has 0 aliphatic carbocycles. The molecule has 1 heterocycles. The van der Waals surface area contributed by atoms with Crippen LogP contribution in [-0.4, -0.2) is 10.1 Å². The molecule has 0 atom stereocenters. The lowest BCUT2D eigenvalue weighted by atomic mass is 10.2. The number of hydrogen-bond donors (Lipinski definition) is 1. The molecule has 0 unspecified atom stereocenters. The van der Waals surface area contributed by atoms with Gasteiger partial charge in [0.15, 0.2) is 0 Å². The third kappa shape index (κ3) is 2.09. The van der Waals surface area contributed by atoms with Crippen LogP contribution in [0.5, 0.6) is 5.75 Å². The Labute approximate surface area is 92.5 Å². The topological polar surface area (TPSA) is 56.9 Å². The Balaban J connectivity index is 3.28. The molecule has 3 nitrogen and oxygen atoms in total. The van der Waals surface area contributed by atoms with E-state index in [1.807, 2.05) is 0 Å². The van der Waals surface area contributed by atoms with Gasteiger partial charge in [-0.2, -0.15) is 5.26 Å². The van der Waals surface area contributed by atoms with E-state index in [9.17, 15) is 13.9 Å². The SMILES string of the molecule is N#CCc1ncc(I)c(C(F)F)c1O. The monoisotopic (exact) mass is 310 g/mol. The number of aromatic nitrogens is 1. The van der Waals surface area contributed by atoms with Crippen LogP contribution >= 0.6 is 22.6 Å². The number of nitrogens with zero attached hydrogens (tertiary/aromatic N) is 2. The molecular formula is C8H5F2IN2O. The molecule has 14 heavy (non-hydrogen) atoms. The second-order valence-electron chi connectivity index (χ2n) is 2.45. The highest BCUT2D eigenvalue weighted by molar-refractivity contribution is 14.1. The largest absolute Gasteiger partial charge is 0.505 e. The predicted octanol–water partition coefficient (Wildman–Crippen LogP) is 2.40. The van der Waals surface area contributed by atoms with Gasteiger partial charge < -0.3 is 5.11 Å². The zero-order valence-electron chi connectivity index (χ0n) is 6.84.